The minimum absolute atomic E-state index is 0. The van der Waals surface area contributed by atoms with Gasteiger partial charge in [-0.1, -0.05) is 18.0 Å². The van der Waals surface area contributed by atoms with Crippen LogP contribution in [0, 0.1) is 0 Å². The second-order valence-electron chi connectivity index (χ2n) is 6.48. The first-order chi connectivity index (χ1) is 10.7. The Hall–Kier alpha value is -1.59. The highest BCUT2D eigenvalue weighted by molar-refractivity contribution is 5.85. The molecule has 2 aromatic rings. The molecule has 0 bridgehead atoms. The van der Waals surface area contributed by atoms with Crippen molar-refractivity contribution < 1.29 is 9.26 Å². The lowest BCUT2D eigenvalue weighted by Crippen LogP contribution is -2.34. The highest BCUT2D eigenvalue weighted by atomic mass is 35.5. The summed E-state index contributed by atoms with van der Waals surface area (Å²) >= 11 is 0. The predicted molar refractivity (Wildman–Crippen MR) is 89.6 cm³/mol. The van der Waals surface area contributed by atoms with Gasteiger partial charge in [-0.2, -0.15) is 4.98 Å². The van der Waals surface area contributed by atoms with E-state index in [2.05, 4.69) is 10.1 Å². The first-order valence-electron chi connectivity index (χ1n) is 8.13. The van der Waals surface area contributed by atoms with E-state index < -0.39 is 5.54 Å². The van der Waals surface area contributed by atoms with Crippen molar-refractivity contribution in [2.45, 2.75) is 56.6 Å². The summed E-state index contributed by atoms with van der Waals surface area (Å²) in [4.78, 5) is 4.51. The van der Waals surface area contributed by atoms with Gasteiger partial charge in [0.1, 0.15) is 5.75 Å². The van der Waals surface area contributed by atoms with Crippen LogP contribution in [-0.2, 0) is 5.54 Å². The molecule has 0 saturated heterocycles. The van der Waals surface area contributed by atoms with Crippen molar-refractivity contribution in [2.24, 2.45) is 5.73 Å². The number of rotatable bonds is 4. The van der Waals surface area contributed by atoms with E-state index in [0.717, 1.165) is 49.8 Å². The van der Waals surface area contributed by atoms with Gasteiger partial charge in [-0.25, -0.2) is 0 Å². The van der Waals surface area contributed by atoms with Crippen molar-refractivity contribution >= 4 is 12.4 Å². The van der Waals surface area contributed by atoms with Gasteiger partial charge in [-0.3, -0.25) is 0 Å². The third kappa shape index (κ3) is 3.21. The smallest absolute Gasteiger partial charge is 0.257 e. The number of benzene rings is 1. The summed E-state index contributed by atoms with van der Waals surface area (Å²) < 4.78 is 11.3. The Labute approximate surface area is 142 Å². The number of aromatic nitrogens is 2. The zero-order valence-electron chi connectivity index (χ0n) is 13.0. The molecule has 0 amide bonds. The fourth-order valence-electron chi connectivity index (χ4n) is 3.13. The van der Waals surface area contributed by atoms with Crippen molar-refractivity contribution in [3.8, 4) is 17.2 Å². The molecule has 2 aliphatic carbocycles. The second-order valence-corrected chi connectivity index (χ2v) is 6.48. The van der Waals surface area contributed by atoms with Crippen LogP contribution in [0.1, 0.15) is 50.8 Å². The Bertz CT molecular complexity index is 646. The van der Waals surface area contributed by atoms with Crippen LogP contribution in [-0.4, -0.2) is 16.2 Å². The number of hydrogen-bond donors (Lipinski definition) is 1. The van der Waals surface area contributed by atoms with Crippen molar-refractivity contribution in [1.82, 2.24) is 10.1 Å². The van der Waals surface area contributed by atoms with Gasteiger partial charge in [-0.15, -0.1) is 12.4 Å². The predicted octanol–water partition coefficient (Wildman–Crippen LogP) is 3.82. The summed E-state index contributed by atoms with van der Waals surface area (Å²) in [5.41, 5.74) is 6.86. The van der Waals surface area contributed by atoms with Crippen molar-refractivity contribution in [2.75, 3.05) is 0 Å². The molecule has 2 saturated carbocycles. The van der Waals surface area contributed by atoms with Gasteiger partial charge in [0.2, 0.25) is 0 Å². The molecular formula is C17H22ClN3O2. The molecular weight excluding hydrogens is 314 g/mol. The molecule has 0 spiro atoms. The molecule has 23 heavy (non-hydrogen) atoms. The first kappa shape index (κ1) is 16.3. The largest absolute Gasteiger partial charge is 0.490 e. The van der Waals surface area contributed by atoms with Gasteiger partial charge in [-0.05, 0) is 56.4 Å². The lowest BCUT2D eigenvalue weighted by Gasteiger charge is -2.26. The lowest BCUT2D eigenvalue weighted by atomic mass is 9.96. The van der Waals surface area contributed by atoms with Crippen LogP contribution in [0.25, 0.3) is 11.5 Å². The molecule has 4 rings (SSSR count). The summed E-state index contributed by atoms with van der Waals surface area (Å²) in [6.07, 6.45) is 8.11. The quantitative estimate of drug-likeness (QED) is 0.919. The van der Waals surface area contributed by atoms with E-state index in [0.29, 0.717) is 17.8 Å². The third-order valence-electron chi connectivity index (χ3n) is 4.82. The normalized spacial score (nSPS) is 19.9. The van der Waals surface area contributed by atoms with E-state index in [9.17, 15) is 0 Å². The van der Waals surface area contributed by atoms with Gasteiger partial charge in [0, 0.05) is 5.56 Å². The minimum Gasteiger partial charge on any atom is -0.490 e. The molecule has 2 aliphatic rings. The summed E-state index contributed by atoms with van der Waals surface area (Å²) in [6, 6.07) is 7.85. The summed E-state index contributed by atoms with van der Waals surface area (Å²) in [5.74, 6) is 2.07. The standard InChI is InChI=1S/C17H21N3O2.ClH/c18-17(10-1-2-11-17)16-19-15(22-20-16)12-6-8-14(9-7-12)21-13-4-3-5-13;/h6-9,13H,1-5,10-11,18H2;1H. The molecule has 0 aliphatic heterocycles. The van der Waals surface area contributed by atoms with Crippen molar-refractivity contribution in [1.29, 1.82) is 0 Å². The zero-order valence-corrected chi connectivity index (χ0v) is 13.8. The van der Waals surface area contributed by atoms with Crippen LogP contribution in [0.4, 0.5) is 0 Å². The van der Waals surface area contributed by atoms with E-state index >= 15 is 0 Å². The SMILES string of the molecule is Cl.NC1(c2noc(-c3ccc(OC4CCC4)cc3)n2)CCCC1. The summed E-state index contributed by atoms with van der Waals surface area (Å²) in [5, 5.41) is 4.10. The van der Waals surface area contributed by atoms with Gasteiger partial charge in [0.05, 0.1) is 11.6 Å². The first-order valence-corrected chi connectivity index (χ1v) is 8.13. The van der Waals surface area contributed by atoms with E-state index in [1.54, 1.807) is 0 Å². The fraction of sp³-hybridized carbons (Fsp3) is 0.529. The maximum absolute atomic E-state index is 6.37. The molecule has 1 heterocycles. The number of hydrogen-bond acceptors (Lipinski definition) is 5. The second kappa shape index (κ2) is 6.49. The Morgan fingerprint density at radius 2 is 1.78 bits per heavy atom. The van der Waals surface area contributed by atoms with E-state index in [-0.39, 0.29) is 12.4 Å². The van der Waals surface area contributed by atoms with Crippen LogP contribution < -0.4 is 10.5 Å². The van der Waals surface area contributed by atoms with Gasteiger partial charge in [0.25, 0.3) is 5.89 Å². The molecule has 5 nitrogen and oxygen atoms in total. The van der Waals surface area contributed by atoms with Gasteiger partial charge in [0.15, 0.2) is 5.82 Å². The third-order valence-corrected chi connectivity index (χ3v) is 4.82. The topological polar surface area (TPSA) is 74.2 Å². The molecule has 1 aromatic carbocycles. The molecule has 0 unspecified atom stereocenters. The average molecular weight is 336 g/mol. The van der Waals surface area contributed by atoms with Crippen LogP contribution >= 0.6 is 12.4 Å². The highest BCUT2D eigenvalue weighted by Gasteiger charge is 2.36. The van der Waals surface area contributed by atoms with Crippen LogP contribution in [0.15, 0.2) is 28.8 Å². The number of halogens is 1. The highest BCUT2D eigenvalue weighted by Crippen LogP contribution is 2.35. The molecule has 1 aromatic heterocycles. The monoisotopic (exact) mass is 335 g/mol. The number of ether oxygens (including phenoxy) is 1. The molecule has 6 heteroatoms. The van der Waals surface area contributed by atoms with E-state index in [1.807, 2.05) is 24.3 Å². The summed E-state index contributed by atoms with van der Waals surface area (Å²) in [6.45, 7) is 0. The molecule has 2 N–H and O–H groups in total. The Morgan fingerprint density at radius 3 is 2.39 bits per heavy atom. The molecule has 2 fully saturated rings. The molecule has 124 valence electrons. The van der Waals surface area contributed by atoms with Crippen LogP contribution in [0.3, 0.4) is 0 Å². The van der Waals surface area contributed by atoms with E-state index in [1.165, 1.54) is 6.42 Å². The van der Waals surface area contributed by atoms with Crippen LogP contribution in [0.5, 0.6) is 5.75 Å². The molecule has 0 atom stereocenters. The minimum atomic E-state index is -0.408. The number of nitrogens with zero attached hydrogens (tertiary/aromatic N) is 2. The molecule has 0 radical (unpaired) electrons. The maximum atomic E-state index is 6.37. The van der Waals surface area contributed by atoms with Gasteiger partial charge >= 0.3 is 0 Å². The van der Waals surface area contributed by atoms with E-state index in [4.69, 9.17) is 15.0 Å². The fourth-order valence-corrected chi connectivity index (χ4v) is 3.13. The number of nitrogens with two attached hydrogens (primary N) is 1. The zero-order chi connectivity index (χ0) is 15.0. The average Bonchev–Trinajstić information content (AvgIpc) is 3.13. The summed E-state index contributed by atoms with van der Waals surface area (Å²) in [7, 11) is 0. The Morgan fingerprint density at radius 1 is 1.09 bits per heavy atom. The Kier molecular flexibility index (Phi) is 4.60. The lowest BCUT2D eigenvalue weighted by molar-refractivity contribution is 0.120. The van der Waals surface area contributed by atoms with Crippen molar-refractivity contribution in [3.63, 3.8) is 0 Å². The Balaban J connectivity index is 0.00000156. The van der Waals surface area contributed by atoms with Crippen molar-refractivity contribution in [3.05, 3.63) is 30.1 Å². The maximum Gasteiger partial charge on any atom is 0.257 e. The van der Waals surface area contributed by atoms with Crippen LogP contribution in [0.2, 0.25) is 0 Å². The van der Waals surface area contributed by atoms with Gasteiger partial charge < -0.3 is 15.0 Å².